The maximum Gasteiger partial charge on any atom is 0.181 e. The van der Waals surface area contributed by atoms with Gasteiger partial charge in [-0.25, -0.2) is 9.37 Å². The number of nitrogens with zero attached hydrogens (tertiary/aromatic N) is 2. The maximum atomic E-state index is 12.4. The van der Waals surface area contributed by atoms with Crippen LogP contribution in [0.3, 0.4) is 0 Å². The number of benzene rings is 1. The van der Waals surface area contributed by atoms with E-state index in [1.54, 1.807) is 0 Å². The van der Waals surface area contributed by atoms with Crippen LogP contribution in [0.5, 0.6) is 5.75 Å². The summed E-state index contributed by atoms with van der Waals surface area (Å²) in [5.41, 5.74) is 6.73. The maximum absolute atomic E-state index is 12.4. The first-order valence-corrected chi connectivity index (χ1v) is 7.44. The van der Waals surface area contributed by atoms with Crippen molar-refractivity contribution in [1.82, 2.24) is 15.2 Å². The Morgan fingerprint density at radius 3 is 2.52 bits per heavy atom. The molecule has 8 heteroatoms. The van der Waals surface area contributed by atoms with Gasteiger partial charge in [-0.2, -0.15) is 5.10 Å². The standard InChI is InChI=1S/C16H19FN4O.CH3.ClH.W/c17-8-11(9-18)10-22-14-6-4-13(5-7-14)16-19-15(20-21-16)12-2-1-3-12;;;/h4-8,12H,1-3,9-10,18H2,(H,19,20,21);1H3;1H;/q;-1;;/b11-8+;;;. The van der Waals surface area contributed by atoms with E-state index in [1.807, 2.05) is 24.3 Å². The number of aromatic amines is 1. The summed E-state index contributed by atoms with van der Waals surface area (Å²) in [4.78, 5) is 4.55. The Bertz CT molecular complexity index is 659. The van der Waals surface area contributed by atoms with Crippen molar-refractivity contribution in [2.75, 3.05) is 13.2 Å². The van der Waals surface area contributed by atoms with E-state index in [2.05, 4.69) is 15.2 Å². The van der Waals surface area contributed by atoms with Gasteiger partial charge in [-0.05, 0) is 37.1 Å². The molecule has 1 heterocycles. The molecule has 5 nitrogen and oxygen atoms in total. The molecule has 1 aliphatic carbocycles. The Labute approximate surface area is 168 Å². The summed E-state index contributed by atoms with van der Waals surface area (Å²) in [7, 11) is 0. The molecule has 1 aliphatic rings. The van der Waals surface area contributed by atoms with Gasteiger partial charge in [0, 0.05) is 44.7 Å². The van der Waals surface area contributed by atoms with Gasteiger partial charge in [-0.3, -0.25) is 5.10 Å². The number of ether oxygens (including phenoxy) is 1. The van der Waals surface area contributed by atoms with Crippen molar-refractivity contribution in [3.63, 3.8) is 0 Å². The molecule has 0 amide bonds. The van der Waals surface area contributed by atoms with E-state index in [0.717, 1.165) is 11.4 Å². The number of hydrogen-bond donors (Lipinski definition) is 2. The molecule has 138 valence electrons. The van der Waals surface area contributed by atoms with Gasteiger partial charge < -0.3 is 17.9 Å². The van der Waals surface area contributed by atoms with Crippen molar-refractivity contribution < 1.29 is 30.2 Å². The van der Waals surface area contributed by atoms with E-state index in [9.17, 15) is 4.39 Å². The minimum Gasteiger partial charge on any atom is -0.489 e. The Morgan fingerprint density at radius 2 is 2.00 bits per heavy atom. The number of nitrogens with two attached hydrogens (primary N) is 1. The van der Waals surface area contributed by atoms with Gasteiger partial charge in [0.05, 0.1) is 6.33 Å². The number of rotatable bonds is 6. The summed E-state index contributed by atoms with van der Waals surface area (Å²) >= 11 is 0. The van der Waals surface area contributed by atoms with Crippen molar-refractivity contribution in [3.05, 3.63) is 49.4 Å². The van der Waals surface area contributed by atoms with Crippen LogP contribution in [0.4, 0.5) is 4.39 Å². The van der Waals surface area contributed by atoms with Gasteiger partial charge in [0.1, 0.15) is 18.2 Å². The van der Waals surface area contributed by atoms with E-state index in [4.69, 9.17) is 10.5 Å². The molecule has 3 rings (SSSR count). The van der Waals surface area contributed by atoms with Crippen LogP contribution < -0.4 is 10.5 Å². The zero-order valence-corrected chi connectivity index (χ0v) is 17.8. The van der Waals surface area contributed by atoms with Gasteiger partial charge in [-0.15, -0.1) is 12.4 Å². The van der Waals surface area contributed by atoms with E-state index >= 15 is 0 Å². The van der Waals surface area contributed by atoms with Crippen molar-refractivity contribution in [3.8, 4) is 17.1 Å². The fourth-order valence-corrected chi connectivity index (χ4v) is 2.28. The molecule has 1 saturated carbocycles. The average molecular weight is 538 g/mol. The van der Waals surface area contributed by atoms with Crippen LogP contribution in [0.25, 0.3) is 11.4 Å². The predicted octanol–water partition coefficient (Wildman–Crippen LogP) is 3.80. The Hall–Kier alpha value is -1.23. The zero-order valence-electron chi connectivity index (χ0n) is 14.1. The van der Waals surface area contributed by atoms with Crippen LogP contribution >= 0.6 is 12.4 Å². The average Bonchev–Trinajstić information content (AvgIpc) is 2.96. The molecule has 1 aromatic heterocycles. The first-order valence-electron chi connectivity index (χ1n) is 7.44. The molecule has 0 spiro atoms. The van der Waals surface area contributed by atoms with Crippen LogP contribution in [0, 0.1) is 7.43 Å². The summed E-state index contributed by atoms with van der Waals surface area (Å²) in [6.07, 6.45) is 4.13. The second-order valence-electron chi connectivity index (χ2n) is 5.46. The summed E-state index contributed by atoms with van der Waals surface area (Å²) < 4.78 is 17.9. The molecule has 0 bridgehead atoms. The molecule has 3 N–H and O–H groups in total. The van der Waals surface area contributed by atoms with Crippen LogP contribution in [-0.2, 0) is 21.1 Å². The van der Waals surface area contributed by atoms with Gasteiger partial charge in [-0.1, -0.05) is 6.42 Å². The summed E-state index contributed by atoms with van der Waals surface area (Å²) in [6, 6.07) is 7.43. The first-order chi connectivity index (χ1) is 10.8. The predicted molar refractivity (Wildman–Crippen MR) is 95.8 cm³/mol. The number of nitrogens with one attached hydrogen (secondary N) is 1. The van der Waals surface area contributed by atoms with E-state index < -0.39 is 0 Å². The molecule has 0 saturated heterocycles. The van der Waals surface area contributed by atoms with Crippen molar-refractivity contribution >= 4 is 12.4 Å². The molecule has 25 heavy (non-hydrogen) atoms. The fourth-order valence-electron chi connectivity index (χ4n) is 2.28. The molecule has 0 radical (unpaired) electrons. The molecule has 0 atom stereocenters. The largest absolute Gasteiger partial charge is 0.489 e. The van der Waals surface area contributed by atoms with Crippen LogP contribution in [0.15, 0.2) is 36.2 Å². The molecular weight excluding hydrogens is 515 g/mol. The summed E-state index contributed by atoms with van der Waals surface area (Å²) in [5.74, 6) is 2.86. The molecule has 0 unspecified atom stereocenters. The van der Waals surface area contributed by atoms with E-state index in [0.29, 0.717) is 29.4 Å². The van der Waals surface area contributed by atoms with E-state index in [-0.39, 0.29) is 54.1 Å². The normalized spacial score (nSPS) is 13.8. The Balaban J connectivity index is 0.00000192. The van der Waals surface area contributed by atoms with Crippen LogP contribution in [0.1, 0.15) is 31.0 Å². The van der Waals surface area contributed by atoms with Crippen molar-refractivity contribution in [1.29, 1.82) is 0 Å². The number of hydrogen-bond acceptors (Lipinski definition) is 4. The Morgan fingerprint density at radius 1 is 1.32 bits per heavy atom. The third-order valence-electron chi connectivity index (χ3n) is 3.95. The molecular formula is C17H23ClFN4OW-. The third-order valence-corrected chi connectivity index (χ3v) is 3.95. The van der Waals surface area contributed by atoms with Crippen LogP contribution in [0.2, 0.25) is 0 Å². The second-order valence-corrected chi connectivity index (χ2v) is 5.46. The Kier molecular flexibility index (Phi) is 10.8. The minimum absolute atomic E-state index is 0. The minimum atomic E-state index is 0. The van der Waals surface area contributed by atoms with E-state index in [1.165, 1.54) is 19.3 Å². The number of halogens is 2. The smallest absolute Gasteiger partial charge is 0.181 e. The quantitative estimate of drug-likeness (QED) is 0.550. The molecule has 1 aromatic carbocycles. The molecule has 2 aromatic rings. The van der Waals surface area contributed by atoms with Gasteiger partial charge >= 0.3 is 0 Å². The van der Waals surface area contributed by atoms with Gasteiger partial charge in [0.25, 0.3) is 0 Å². The topological polar surface area (TPSA) is 76.8 Å². The number of aromatic nitrogens is 3. The number of H-pyrrole nitrogens is 1. The van der Waals surface area contributed by atoms with Gasteiger partial charge in [0.15, 0.2) is 5.82 Å². The fraction of sp³-hybridized carbons (Fsp3) is 0.353. The SMILES string of the molecule is Cl.NC/C(=C\F)COc1ccc(-c2n[nH]c(C3CCC3)n2)cc1.[CH3-].[W]. The summed E-state index contributed by atoms with van der Waals surface area (Å²) in [6.45, 7) is 0.300. The summed E-state index contributed by atoms with van der Waals surface area (Å²) in [5, 5.41) is 7.29. The molecule has 1 fully saturated rings. The van der Waals surface area contributed by atoms with Crippen molar-refractivity contribution in [2.45, 2.75) is 25.2 Å². The second kappa shape index (κ2) is 11.4. The molecule has 0 aliphatic heterocycles. The zero-order chi connectivity index (χ0) is 15.4. The van der Waals surface area contributed by atoms with Crippen LogP contribution in [-0.4, -0.2) is 28.3 Å². The van der Waals surface area contributed by atoms with Gasteiger partial charge in [0.2, 0.25) is 0 Å². The third kappa shape index (κ3) is 5.91. The van der Waals surface area contributed by atoms with Crippen molar-refractivity contribution in [2.24, 2.45) is 5.73 Å². The first kappa shape index (κ1) is 23.8. The monoisotopic (exact) mass is 537 g/mol.